The van der Waals surface area contributed by atoms with Gasteiger partial charge in [-0.1, -0.05) is 47.5 Å². The van der Waals surface area contributed by atoms with Gasteiger partial charge in [-0.25, -0.2) is 17.6 Å². The molecule has 276 valence electrons. The SMILES string of the molecule is O[C@@H]1CC[C@H]2COc3c(F)ccc(F)c3[C@@]2(Cc2ccc(Cl)cc2)CC1.O[C@H]1CC[C@H]2COc3c(F)ccc(F)c3[C@@]2(Cc2ccc(Cl)cc2)CC1. The van der Waals surface area contributed by atoms with E-state index in [2.05, 4.69) is 0 Å². The quantitative estimate of drug-likeness (QED) is 0.204. The highest BCUT2D eigenvalue weighted by Crippen LogP contribution is 2.54. The van der Waals surface area contributed by atoms with Crippen molar-refractivity contribution < 1.29 is 37.2 Å². The first kappa shape index (κ1) is 37.0. The molecule has 6 atom stereocenters. The Labute approximate surface area is 311 Å². The Bertz CT molecular complexity index is 1750. The Balaban J connectivity index is 0.000000162. The molecule has 0 spiro atoms. The first-order valence-electron chi connectivity index (χ1n) is 18.1. The Kier molecular flexibility index (Phi) is 10.8. The number of fused-ring (bicyclic) bond motifs is 6. The van der Waals surface area contributed by atoms with Gasteiger partial charge in [-0.3, -0.25) is 0 Å². The minimum Gasteiger partial charge on any atom is -0.490 e. The molecule has 0 bridgehead atoms. The molecule has 2 N–H and O–H groups in total. The summed E-state index contributed by atoms with van der Waals surface area (Å²) in [6, 6.07) is 19.6. The Hall–Kier alpha value is -3.30. The maximum absolute atomic E-state index is 14.9. The van der Waals surface area contributed by atoms with Crippen molar-refractivity contribution >= 4 is 23.2 Å². The molecule has 4 aliphatic rings. The molecule has 4 aromatic rings. The third-order valence-corrected chi connectivity index (χ3v) is 12.4. The average Bonchev–Trinajstić information content (AvgIpc) is 3.41. The minimum absolute atomic E-state index is 0.0270. The van der Waals surface area contributed by atoms with Crippen molar-refractivity contribution in [1.82, 2.24) is 0 Å². The maximum atomic E-state index is 14.9. The molecular weight excluding hydrogens is 715 g/mol. The van der Waals surface area contributed by atoms with E-state index >= 15 is 0 Å². The predicted molar refractivity (Wildman–Crippen MR) is 193 cm³/mol. The monoisotopic (exact) mass is 756 g/mol. The summed E-state index contributed by atoms with van der Waals surface area (Å²) in [5.41, 5.74) is 1.52. The molecule has 10 heteroatoms. The van der Waals surface area contributed by atoms with E-state index in [1.54, 1.807) is 0 Å². The van der Waals surface area contributed by atoms with Gasteiger partial charge in [0.05, 0.1) is 25.4 Å². The van der Waals surface area contributed by atoms with E-state index in [4.69, 9.17) is 32.7 Å². The number of aliphatic hydroxyl groups excluding tert-OH is 2. The van der Waals surface area contributed by atoms with E-state index < -0.39 is 46.3 Å². The molecule has 2 saturated carbocycles. The molecule has 4 aromatic carbocycles. The topological polar surface area (TPSA) is 58.9 Å². The fraction of sp³-hybridized carbons (Fsp3) is 0.429. The number of hydrogen-bond acceptors (Lipinski definition) is 4. The Morgan fingerprint density at radius 3 is 1.27 bits per heavy atom. The van der Waals surface area contributed by atoms with E-state index in [1.807, 2.05) is 48.5 Å². The summed E-state index contributed by atoms with van der Waals surface area (Å²) in [6.45, 7) is 0.682. The van der Waals surface area contributed by atoms with E-state index in [-0.39, 0.29) is 23.3 Å². The van der Waals surface area contributed by atoms with Crippen molar-refractivity contribution in [3.05, 3.63) is 128 Å². The molecule has 8 rings (SSSR count). The third kappa shape index (κ3) is 7.16. The first-order valence-corrected chi connectivity index (χ1v) is 18.8. The van der Waals surface area contributed by atoms with E-state index in [1.165, 1.54) is 12.1 Å². The molecule has 2 aliphatic carbocycles. The van der Waals surface area contributed by atoms with E-state index in [0.29, 0.717) is 85.8 Å². The molecule has 4 nitrogen and oxygen atoms in total. The summed E-state index contributed by atoms with van der Waals surface area (Å²) in [5, 5.41) is 21.7. The summed E-state index contributed by atoms with van der Waals surface area (Å²) < 4.78 is 70.0. The lowest BCUT2D eigenvalue weighted by Crippen LogP contribution is -2.44. The highest BCUT2D eigenvalue weighted by Gasteiger charge is 2.50. The number of rotatable bonds is 4. The molecule has 0 radical (unpaired) electrons. The zero-order valence-electron chi connectivity index (χ0n) is 28.7. The second-order valence-electron chi connectivity index (χ2n) is 14.9. The van der Waals surface area contributed by atoms with Crippen LogP contribution < -0.4 is 9.47 Å². The van der Waals surface area contributed by atoms with Gasteiger partial charge in [0.25, 0.3) is 0 Å². The van der Waals surface area contributed by atoms with Crippen LogP contribution >= 0.6 is 23.2 Å². The van der Waals surface area contributed by atoms with Crippen LogP contribution in [0.1, 0.15) is 73.6 Å². The van der Waals surface area contributed by atoms with Gasteiger partial charge < -0.3 is 19.7 Å². The fourth-order valence-electron chi connectivity index (χ4n) is 9.25. The van der Waals surface area contributed by atoms with E-state index in [0.717, 1.165) is 36.1 Å². The normalized spacial score (nSPS) is 27.8. The summed E-state index contributed by atoms with van der Waals surface area (Å²) in [4.78, 5) is 0. The van der Waals surface area contributed by atoms with Crippen LogP contribution in [0.3, 0.4) is 0 Å². The van der Waals surface area contributed by atoms with Crippen LogP contribution in [-0.2, 0) is 23.7 Å². The van der Waals surface area contributed by atoms with Crippen molar-refractivity contribution in [2.75, 3.05) is 13.2 Å². The maximum Gasteiger partial charge on any atom is 0.165 e. The van der Waals surface area contributed by atoms with Crippen LogP contribution in [-0.4, -0.2) is 35.6 Å². The van der Waals surface area contributed by atoms with Crippen LogP contribution in [0.25, 0.3) is 0 Å². The number of halogens is 6. The van der Waals surface area contributed by atoms with Gasteiger partial charge in [-0.15, -0.1) is 0 Å². The summed E-state index contributed by atoms with van der Waals surface area (Å²) in [6.07, 6.45) is 5.40. The molecule has 0 unspecified atom stereocenters. The molecule has 2 fully saturated rings. The molecule has 52 heavy (non-hydrogen) atoms. The molecule has 0 saturated heterocycles. The smallest absolute Gasteiger partial charge is 0.165 e. The van der Waals surface area contributed by atoms with Gasteiger partial charge in [0.2, 0.25) is 0 Å². The van der Waals surface area contributed by atoms with Crippen molar-refractivity contribution in [2.45, 2.75) is 87.2 Å². The number of aliphatic hydroxyl groups is 2. The Morgan fingerprint density at radius 1 is 0.519 bits per heavy atom. The van der Waals surface area contributed by atoms with Gasteiger partial charge in [0.1, 0.15) is 11.6 Å². The predicted octanol–water partition coefficient (Wildman–Crippen LogP) is 10.1. The second-order valence-corrected chi connectivity index (χ2v) is 15.8. The highest BCUT2D eigenvalue weighted by atomic mass is 35.5. The van der Waals surface area contributed by atoms with Crippen LogP contribution in [0.2, 0.25) is 10.0 Å². The highest BCUT2D eigenvalue weighted by molar-refractivity contribution is 6.30. The Morgan fingerprint density at radius 2 is 0.885 bits per heavy atom. The van der Waals surface area contributed by atoms with E-state index in [9.17, 15) is 27.8 Å². The molecule has 0 aromatic heterocycles. The minimum atomic E-state index is -0.592. The van der Waals surface area contributed by atoms with Crippen molar-refractivity contribution in [1.29, 1.82) is 0 Å². The van der Waals surface area contributed by atoms with Crippen LogP contribution in [0, 0.1) is 35.1 Å². The molecule has 2 aliphatic heterocycles. The standard InChI is InChI=1S/2C21H21ClF2O2/c2*22-15-4-1-13(2-5-15)11-21-10-9-16(25)6-3-14(21)12-26-20-18(24)8-7-17(23)19(20)21/h2*1-2,4-5,7-8,14,16,25H,3,6,9-12H2/t14-,16+,21+;14-,16-,21+/m00/s1. The van der Waals surface area contributed by atoms with Crippen molar-refractivity contribution in [2.24, 2.45) is 11.8 Å². The lowest BCUT2D eigenvalue weighted by atomic mass is 9.63. The van der Waals surface area contributed by atoms with Crippen LogP contribution in [0.5, 0.6) is 11.5 Å². The number of hydrogen-bond donors (Lipinski definition) is 2. The lowest BCUT2D eigenvalue weighted by molar-refractivity contribution is 0.109. The van der Waals surface area contributed by atoms with Gasteiger partial charge in [-0.2, -0.15) is 0 Å². The van der Waals surface area contributed by atoms with Gasteiger partial charge in [-0.05, 0) is 124 Å². The number of ether oxygens (including phenoxy) is 2. The zero-order valence-corrected chi connectivity index (χ0v) is 30.2. The fourth-order valence-corrected chi connectivity index (χ4v) is 9.50. The molecular formula is C42H42Cl2F4O4. The van der Waals surface area contributed by atoms with Crippen LogP contribution in [0.15, 0.2) is 72.8 Å². The lowest BCUT2D eigenvalue weighted by Gasteiger charge is -2.45. The summed E-state index contributed by atoms with van der Waals surface area (Å²) in [7, 11) is 0. The first-order chi connectivity index (χ1) is 25.0. The van der Waals surface area contributed by atoms with Crippen molar-refractivity contribution in [3.63, 3.8) is 0 Å². The second kappa shape index (κ2) is 15.2. The largest absolute Gasteiger partial charge is 0.490 e. The summed E-state index contributed by atoms with van der Waals surface area (Å²) in [5.74, 6) is -1.80. The van der Waals surface area contributed by atoms with Crippen LogP contribution in [0.4, 0.5) is 17.6 Å². The molecule has 2 heterocycles. The van der Waals surface area contributed by atoms with Gasteiger partial charge >= 0.3 is 0 Å². The number of benzene rings is 4. The third-order valence-electron chi connectivity index (χ3n) is 11.9. The average molecular weight is 758 g/mol. The van der Waals surface area contributed by atoms with Gasteiger partial charge in [0.15, 0.2) is 23.1 Å². The van der Waals surface area contributed by atoms with Crippen molar-refractivity contribution in [3.8, 4) is 11.5 Å². The van der Waals surface area contributed by atoms with Gasteiger partial charge in [0, 0.05) is 43.8 Å². The zero-order chi connectivity index (χ0) is 36.6. The summed E-state index contributed by atoms with van der Waals surface area (Å²) >= 11 is 12.0. The molecule has 0 amide bonds.